The van der Waals surface area contributed by atoms with Gasteiger partial charge in [-0.15, -0.1) is 0 Å². The van der Waals surface area contributed by atoms with E-state index in [1.54, 1.807) is 18.2 Å². The molecule has 0 saturated carbocycles. The zero-order valence-electron chi connectivity index (χ0n) is 9.79. The second-order valence-corrected chi connectivity index (χ2v) is 5.03. The number of hydrogen-bond donors (Lipinski definition) is 0. The zero-order valence-corrected chi connectivity index (χ0v) is 12.1. The monoisotopic (exact) mass is 366 g/mol. The molecular formula is C12H7BrClF3N2O. The molecule has 0 N–H and O–H groups in total. The van der Waals surface area contributed by atoms with Gasteiger partial charge in [0.1, 0.15) is 6.61 Å². The van der Waals surface area contributed by atoms with Crippen LogP contribution in [0.2, 0.25) is 5.28 Å². The first kappa shape index (κ1) is 15.1. The van der Waals surface area contributed by atoms with Crippen LogP contribution in [0.3, 0.4) is 0 Å². The van der Waals surface area contributed by atoms with Gasteiger partial charge in [-0.1, -0.05) is 28.1 Å². The van der Waals surface area contributed by atoms with E-state index in [1.165, 1.54) is 0 Å². The van der Waals surface area contributed by atoms with Gasteiger partial charge >= 0.3 is 6.18 Å². The lowest BCUT2D eigenvalue weighted by molar-refractivity contribution is -0.141. The predicted octanol–water partition coefficient (Wildman–Crippen LogP) is 4.49. The van der Waals surface area contributed by atoms with Crippen molar-refractivity contribution in [1.82, 2.24) is 9.97 Å². The van der Waals surface area contributed by atoms with Gasteiger partial charge in [-0.05, 0) is 29.3 Å². The molecule has 2 rings (SSSR count). The van der Waals surface area contributed by atoms with Gasteiger partial charge in [-0.25, -0.2) is 4.98 Å². The van der Waals surface area contributed by atoms with Crippen molar-refractivity contribution >= 4 is 27.5 Å². The minimum atomic E-state index is -4.60. The molecule has 0 fully saturated rings. The Morgan fingerprint density at radius 3 is 2.60 bits per heavy atom. The quantitative estimate of drug-likeness (QED) is 0.750. The zero-order chi connectivity index (χ0) is 14.8. The largest absolute Gasteiger partial charge is 0.473 e. The lowest BCUT2D eigenvalue weighted by atomic mass is 10.2. The maximum atomic E-state index is 12.6. The van der Waals surface area contributed by atoms with E-state index < -0.39 is 17.2 Å². The van der Waals surface area contributed by atoms with Crippen molar-refractivity contribution in [2.75, 3.05) is 0 Å². The summed E-state index contributed by atoms with van der Waals surface area (Å²) in [6, 6.07) is 7.89. The van der Waals surface area contributed by atoms with Crippen molar-refractivity contribution in [3.63, 3.8) is 0 Å². The molecule has 1 aromatic carbocycles. The van der Waals surface area contributed by atoms with Gasteiger partial charge in [0.2, 0.25) is 11.2 Å². The Morgan fingerprint density at radius 2 is 1.95 bits per heavy atom. The standard InChI is InChI=1S/C12H7BrClF3N2O/c13-8-3-1-2-7(4-8)6-20-10-5-9(12(15,16)17)18-11(14)19-10/h1-5H,6H2. The molecule has 0 saturated heterocycles. The highest BCUT2D eigenvalue weighted by Gasteiger charge is 2.33. The molecular weight excluding hydrogens is 360 g/mol. The molecule has 0 amide bonds. The highest BCUT2D eigenvalue weighted by Crippen LogP contribution is 2.30. The van der Waals surface area contributed by atoms with Crippen LogP contribution >= 0.6 is 27.5 Å². The second kappa shape index (κ2) is 5.97. The van der Waals surface area contributed by atoms with E-state index in [4.69, 9.17) is 16.3 Å². The molecule has 0 atom stereocenters. The minimum absolute atomic E-state index is 0.0735. The smallest absolute Gasteiger partial charge is 0.433 e. The first-order valence-electron chi connectivity index (χ1n) is 5.33. The summed E-state index contributed by atoms with van der Waals surface area (Å²) in [5.41, 5.74) is -0.357. The average Bonchev–Trinajstić information content (AvgIpc) is 2.35. The third-order valence-electron chi connectivity index (χ3n) is 2.24. The molecule has 2 aromatic rings. The topological polar surface area (TPSA) is 35.0 Å². The number of hydrogen-bond acceptors (Lipinski definition) is 3. The highest BCUT2D eigenvalue weighted by atomic mass is 79.9. The molecule has 0 aliphatic heterocycles. The molecule has 1 aromatic heterocycles. The molecule has 20 heavy (non-hydrogen) atoms. The van der Waals surface area contributed by atoms with Crippen LogP contribution in [0, 0.1) is 0 Å². The maximum Gasteiger partial charge on any atom is 0.433 e. The fraction of sp³-hybridized carbons (Fsp3) is 0.167. The number of ether oxygens (including phenoxy) is 1. The van der Waals surface area contributed by atoms with Crippen LogP contribution in [0.1, 0.15) is 11.3 Å². The van der Waals surface area contributed by atoms with E-state index in [-0.39, 0.29) is 12.5 Å². The van der Waals surface area contributed by atoms with Gasteiger partial charge in [0.25, 0.3) is 0 Å². The van der Waals surface area contributed by atoms with Crippen LogP contribution in [-0.2, 0) is 12.8 Å². The molecule has 106 valence electrons. The van der Waals surface area contributed by atoms with Crippen molar-refractivity contribution < 1.29 is 17.9 Å². The van der Waals surface area contributed by atoms with E-state index in [1.807, 2.05) is 6.07 Å². The molecule has 3 nitrogen and oxygen atoms in total. The van der Waals surface area contributed by atoms with Crippen molar-refractivity contribution in [1.29, 1.82) is 0 Å². The van der Waals surface area contributed by atoms with Crippen LogP contribution in [0.5, 0.6) is 5.88 Å². The number of halogens is 5. The maximum absolute atomic E-state index is 12.6. The SMILES string of the molecule is FC(F)(F)c1cc(OCc2cccc(Br)c2)nc(Cl)n1. The van der Waals surface area contributed by atoms with E-state index in [0.717, 1.165) is 10.0 Å². The van der Waals surface area contributed by atoms with E-state index in [0.29, 0.717) is 6.07 Å². The van der Waals surface area contributed by atoms with E-state index >= 15 is 0 Å². The first-order valence-corrected chi connectivity index (χ1v) is 6.51. The molecule has 1 heterocycles. The Bertz CT molecular complexity index is 622. The molecule has 0 spiro atoms. The lowest BCUT2D eigenvalue weighted by Gasteiger charge is -2.09. The molecule has 0 aliphatic carbocycles. The van der Waals surface area contributed by atoms with Crippen molar-refractivity contribution in [3.05, 3.63) is 51.3 Å². The Balaban J connectivity index is 2.16. The van der Waals surface area contributed by atoms with Crippen LogP contribution in [-0.4, -0.2) is 9.97 Å². The Morgan fingerprint density at radius 1 is 1.20 bits per heavy atom. The van der Waals surface area contributed by atoms with Crippen LogP contribution in [0.25, 0.3) is 0 Å². The number of benzene rings is 1. The second-order valence-electron chi connectivity index (χ2n) is 3.78. The molecule has 8 heteroatoms. The predicted molar refractivity (Wildman–Crippen MR) is 70.5 cm³/mol. The molecule has 0 aliphatic rings. The Kier molecular flexibility index (Phi) is 4.49. The summed E-state index contributed by atoms with van der Waals surface area (Å²) in [6.45, 7) is 0.0735. The van der Waals surface area contributed by atoms with Crippen molar-refractivity contribution in [2.45, 2.75) is 12.8 Å². The summed E-state index contributed by atoms with van der Waals surface area (Å²) in [5.74, 6) is -0.225. The van der Waals surface area contributed by atoms with E-state index in [9.17, 15) is 13.2 Å². The number of rotatable bonds is 3. The van der Waals surface area contributed by atoms with Crippen LogP contribution in [0.4, 0.5) is 13.2 Å². The van der Waals surface area contributed by atoms with Gasteiger partial charge in [-0.2, -0.15) is 18.2 Å². The minimum Gasteiger partial charge on any atom is -0.473 e. The fourth-order valence-electron chi connectivity index (χ4n) is 1.40. The van der Waals surface area contributed by atoms with Gasteiger partial charge in [0.05, 0.1) is 0 Å². The Labute approximate surface area is 125 Å². The average molecular weight is 368 g/mol. The fourth-order valence-corrected chi connectivity index (χ4v) is 2.02. The highest BCUT2D eigenvalue weighted by molar-refractivity contribution is 9.10. The van der Waals surface area contributed by atoms with Gasteiger partial charge < -0.3 is 4.74 Å². The number of aromatic nitrogens is 2. The molecule has 0 bridgehead atoms. The normalized spacial score (nSPS) is 11.4. The summed E-state index contributed by atoms with van der Waals surface area (Å²) < 4.78 is 43.7. The lowest BCUT2D eigenvalue weighted by Crippen LogP contribution is -2.10. The van der Waals surface area contributed by atoms with E-state index in [2.05, 4.69) is 25.9 Å². The van der Waals surface area contributed by atoms with Gasteiger partial charge in [-0.3, -0.25) is 0 Å². The summed E-state index contributed by atoms with van der Waals surface area (Å²) >= 11 is 8.74. The molecule has 0 radical (unpaired) electrons. The number of nitrogens with zero attached hydrogens (tertiary/aromatic N) is 2. The first-order chi connectivity index (χ1) is 9.34. The third kappa shape index (κ3) is 4.08. The third-order valence-corrected chi connectivity index (χ3v) is 2.90. The van der Waals surface area contributed by atoms with Crippen molar-refractivity contribution in [2.24, 2.45) is 0 Å². The molecule has 0 unspecified atom stereocenters. The summed E-state index contributed by atoms with van der Waals surface area (Å²) in [5, 5.41) is -0.510. The Hall–Kier alpha value is -1.34. The van der Waals surface area contributed by atoms with Crippen LogP contribution < -0.4 is 4.74 Å². The van der Waals surface area contributed by atoms with Crippen LogP contribution in [0.15, 0.2) is 34.8 Å². The van der Waals surface area contributed by atoms with Crippen molar-refractivity contribution in [3.8, 4) is 5.88 Å². The van der Waals surface area contributed by atoms with Gasteiger partial charge in [0, 0.05) is 10.5 Å². The van der Waals surface area contributed by atoms with Gasteiger partial charge in [0.15, 0.2) is 5.69 Å². The number of alkyl halides is 3. The summed E-state index contributed by atoms with van der Waals surface area (Å²) in [6.07, 6.45) is -4.60. The summed E-state index contributed by atoms with van der Waals surface area (Å²) in [7, 11) is 0. The summed E-state index contributed by atoms with van der Waals surface area (Å²) in [4.78, 5) is 6.72.